The summed E-state index contributed by atoms with van der Waals surface area (Å²) in [7, 11) is 3.57. The third-order valence-electron chi connectivity index (χ3n) is 6.07. The molecule has 0 amide bonds. The minimum atomic E-state index is -0.729. The Balaban J connectivity index is 1.88. The first-order valence-electron chi connectivity index (χ1n) is 9.81. The van der Waals surface area contributed by atoms with Crippen LogP contribution in [0.3, 0.4) is 0 Å². The smallest absolute Gasteiger partial charge is 0.329 e. The van der Waals surface area contributed by atoms with Gasteiger partial charge in [-0.3, -0.25) is 19.1 Å². The molecule has 0 radical (unpaired) electrons. The topological polar surface area (TPSA) is 83.3 Å². The van der Waals surface area contributed by atoms with E-state index in [4.69, 9.17) is 0 Å². The Kier molecular flexibility index (Phi) is 3.92. The SMILES string of the molecule is CN1CCN(c2cc3c(cc2F)c(=O)c2c(=O)[nH]c(=O)n(C)c2n3C2CC2)CC1. The van der Waals surface area contributed by atoms with Crippen LogP contribution in [-0.2, 0) is 7.05 Å². The number of fused-ring (bicyclic) bond motifs is 2. The number of pyridine rings is 1. The number of nitrogens with one attached hydrogen (secondary N) is 1. The summed E-state index contributed by atoms with van der Waals surface area (Å²) < 4.78 is 18.2. The maximum Gasteiger partial charge on any atom is 0.329 e. The van der Waals surface area contributed by atoms with E-state index in [2.05, 4.69) is 9.88 Å². The van der Waals surface area contributed by atoms with Gasteiger partial charge in [-0.05, 0) is 32.0 Å². The molecule has 2 aliphatic rings. The van der Waals surface area contributed by atoms with E-state index in [9.17, 15) is 14.4 Å². The lowest BCUT2D eigenvalue weighted by molar-refractivity contribution is 0.312. The average molecular weight is 399 g/mol. The number of hydrogen-bond donors (Lipinski definition) is 1. The lowest BCUT2D eigenvalue weighted by atomic mass is 10.1. The molecule has 1 saturated carbocycles. The molecule has 1 aliphatic heterocycles. The van der Waals surface area contributed by atoms with Crippen LogP contribution in [0.5, 0.6) is 0 Å². The highest BCUT2D eigenvalue weighted by atomic mass is 19.1. The first-order valence-corrected chi connectivity index (χ1v) is 9.81. The fourth-order valence-corrected chi connectivity index (χ4v) is 4.27. The van der Waals surface area contributed by atoms with Crippen molar-refractivity contribution in [2.24, 2.45) is 7.05 Å². The van der Waals surface area contributed by atoms with Gasteiger partial charge in [0.15, 0.2) is 0 Å². The van der Waals surface area contributed by atoms with Crippen molar-refractivity contribution in [3.05, 3.63) is 49.0 Å². The zero-order valence-corrected chi connectivity index (χ0v) is 16.4. The fourth-order valence-electron chi connectivity index (χ4n) is 4.27. The molecule has 1 N–H and O–H groups in total. The lowest BCUT2D eigenvalue weighted by Gasteiger charge is -2.34. The molecule has 29 heavy (non-hydrogen) atoms. The molecule has 2 aromatic heterocycles. The number of H-pyrrole nitrogens is 1. The van der Waals surface area contributed by atoms with Gasteiger partial charge in [-0.25, -0.2) is 9.18 Å². The zero-order chi connectivity index (χ0) is 20.4. The number of aromatic amines is 1. The van der Waals surface area contributed by atoms with Gasteiger partial charge in [-0.1, -0.05) is 0 Å². The molecular formula is C20H22FN5O3. The normalized spacial score (nSPS) is 18.1. The van der Waals surface area contributed by atoms with Crippen molar-refractivity contribution in [1.29, 1.82) is 0 Å². The Labute approximate surface area is 164 Å². The number of likely N-dealkylation sites (N-methyl/N-ethyl adjacent to an activating group) is 1. The van der Waals surface area contributed by atoms with Gasteiger partial charge in [-0.15, -0.1) is 0 Å². The van der Waals surface area contributed by atoms with Crippen molar-refractivity contribution < 1.29 is 4.39 Å². The number of aromatic nitrogens is 3. The van der Waals surface area contributed by atoms with Crippen LogP contribution in [0.25, 0.3) is 21.9 Å². The van der Waals surface area contributed by atoms with Crippen LogP contribution in [0, 0.1) is 5.82 Å². The Morgan fingerprint density at radius 2 is 1.72 bits per heavy atom. The monoisotopic (exact) mass is 399 g/mol. The largest absolute Gasteiger partial charge is 0.367 e. The van der Waals surface area contributed by atoms with Gasteiger partial charge in [0.25, 0.3) is 5.56 Å². The molecule has 1 aliphatic carbocycles. The van der Waals surface area contributed by atoms with Gasteiger partial charge in [0.05, 0.1) is 11.2 Å². The molecule has 0 bridgehead atoms. The van der Waals surface area contributed by atoms with Gasteiger partial charge in [0, 0.05) is 44.7 Å². The van der Waals surface area contributed by atoms with E-state index >= 15 is 4.39 Å². The predicted molar refractivity (Wildman–Crippen MR) is 110 cm³/mol. The summed E-state index contributed by atoms with van der Waals surface area (Å²) in [5.41, 5.74) is -0.526. The Hall–Kier alpha value is -2.94. The number of aryl methyl sites for hydroxylation is 1. The summed E-state index contributed by atoms with van der Waals surface area (Å²) >= 11 is 0. The van der Waals surface area contributed by atoms with Crippen molar-refractivity contribution in [1.82, 2.24) is 19.0 Å². The van der Waals surface area contributed by atoms with Gasteiger partial charge >= 0.3 is 5.69 Å². The highest BCUT2D eigenvalue weighted by Crippen LogP contribution is 2.39. The van der Waals surface area contributed by atoms with Crippen LogP contribution < -0.4 is 21.6 Å². The molecule has 1 aromatic carbocycles. The maximum atomic E-state index is 15.0. The second-order valence-electron chi connectivity index (χ2n) is 8.06. The number of halogens is 1. The third kappa shape index (κ3) is 2.71. The van der Waals surface area contributed by atoms with E-state index in [1.807, 2.05) is 16.5 Å². The molecule has 5 rings (SSSR count). The number of benzene rings is 1. The lowest BCUT2D eigenvalue weighted by Crippen LogP contribution is -2.44. The number of rotatable bonds is 2. The molecule has 0 spiro atoms. The van der Waals surface area contributed by atoms with E-state index < -0.39 is 22.5 Å². The Morgan fingerprint density at radius 1 is 1.03 bits per heavy atom. The number of nitrogens with zero attached hydrogens (tertiary/aromatic N) is 4. The van der Waals surface area contributed by atoms with Crippen molar-refractivity contribution in [3.8, 4) is 0 Å². The van der Waals surface area contributed by atoms with E-state index in [1.165, 1.54) is 17.7 Å². The van der Waals surface area contributed by atoms with Crippen molar-refractivity contribution >= 4 is 27.6 Å². The molecule has 9 heteroatoms. The van der Waals surface area contributed by atoms with E-state index in [0.29, 0.717) is 29.9 Å². The highest BCUT2D eigenvalue weighted by Gasteiger charge is 2.30. The Bertz CT molecular complexity index is 1330. The van der Waals surface area contributed by atoms with Crippen LogP contribution in [0.4, 0.5) is 10.1 Å². The average Bonchev–Trinajstić information content (AvgIpc) is 3.52. The van der Waals surface area contributed by atoms with Gasteiger partial charge < -0.3 is 14.4 Å². The van der Waals surface area contributed by atoms with Gasteiger partial charge in [0.1, 0.15) is 16.9 Å². The molecule has 0 unspecified atom stereocenters. The summed E-state index contributed by atoms with van der Waals surface area (Å²) in [6.45, 7) is 3.04. The van der Waals surface area contributed by atoms with Crippen LogP contribution >= 0.6 is 0 Å². The van der Waals surface area contributed by atoms with Crippen LogP contribution in [0.1, 0.15) is 18.9 Å². The first-order chi connectivity index (χ1) is 13.9. The number of anilines is 1. The molecule has 152 valence electrons. The predicted octanol–water partition coefficient (Wildman–Crippen LogP) is 0.767. The van der Waals surface area contributed by atoms with Crippen molar-refractivity contribution in [3.63, 3.8) is 0 Å². The summed E-state index contributed by atoms with van der Waals surface area (Å²) in [6.07, 6.45) is 1.77. The van der Waals surface area contributed by atoms with Crippen LogP contribution in [0.15, 0.2) is 26.5 Å². The summed E-state index contributed by atoms with van der Waals surface area (Å²) in [5, 5.41) is 0.0715. The molecule has 1 saturated heterocycles. The first kappa shape index (κ1) is 18.1. The van der Waals surface area contributed by atoms with E-state index in [-0.39, 0.29) is 16.8 Å². The second kappa shape index (κ2) is 6.28. The van der Waals surface area contributed by atoms with Crippen molar-refractivity contribution in [2.75, 3.05) is 38.1 Å². The quantitative estimate of drug-likeness (QED) is 0.644. The summed E-state index contributed by atoms with van der Waals surface area (Å²) in [6, 6.07) is 3.04. The minimum Gasteiger partial charge on any atom is -0.367 e. The number of piperazine rings is 1. The van der Waals surface area contributed by atoms with E-state index in [1.54, 1.807) is 6.07 Å². The van der Waals surface area contributed by atoms with Crippen LogP contribution in [0.2, 0.25) is 0 Å². The molecule has 2 fully saturated rings. The number of hydrogen-bond acceptors (Lipinski definition) is 5. The Morgan fingerprint density at radius 3 is 2.38 bits per heavy atom. The summed E-state index contributed by atoms with van der Waals surface area (Å²) in [4.78, 5) is 44.1. The van der Waals surface area contributed by atoms with E-state index in [0.717, 1.165) is 25.9 Å². The van der Waals surface area contributed by atoms with Crippen LogP contribution in [-0.4, -0.2) is 52.2 Å². The molecule has 8 nitrogen and oxygen atoms in total. The summed E-state index contributed by atoms with van der Waals surface area (Å²) in [5.74, 6) is -0.470. The fraction of sp³-hybridized carbons (Fsp3) is 0.450. The molecule has 3 aromatic rings. The van der Waals surface area contributed by atoms with Crippen molar-refractivity contribution in [2.45, 2.75) is 18.9 Å². The molecule has 0 atom stereocenters. The third-order valence-corrected chi connectivity index (χ3v) is 6.07. The zero-order valence-electron chi connectivity index (χ0n) is 16.4. The standard InChI is InChI=1S/C20H22FN5O3/c1-23-5-7-25(8-6-23)15-10-14-12(9-13(15)21)17(27)16-18(28)22-20(29)24(2)19(16)26(14)11-3-4-11/h9-11H,3-8H2,1-2H3,(H,22,28,29). The molecule has 3 heterocycles. The minimum absolute atomic E-state index is 0.0822. The van der Waals surface area contributed by atoms with Gasteiger partial charge in [-0.2, -0.15) is 0 Å². The second-order valence-corrected chi connectivity index (χ2v) is 8.06. The maximum absolute atomic E-state index is 15.0. The highest BCUT2D eigenvalue weighted by molar-refractivity contribution is 5.93. The molecular weight excluding hydrogens is 377 g/mol. The van der Waals surface area contributed by atoms with Gasteiger partial charge in [0.2, 0.25) is 5.43 Å².